The van der Waals surface area contributed by atoms with Gasteiger partial charge in [0.15, 0.2) is 0 Å². The molecule has 0 radical (unpaired) electrons. The summed E-state index contributed by atoms with van der Waals surface area (Å²) in [5.41, 5.74) is 3.25. The van der Waals surface area contributed by atoms with Crippen LogP contribution in [-0.4, -0.2) is 19.9 Å². The molecule has 1 atom stereocenters. The average Bonchev–Trinajstić information content (AvgIpc) is 2.96. The molecule has 1 aromatic carbocycles. The summed E-state index contributed by atoms with van der Waals surface area (Å²) in [6, 6.07) is 7.97. The summed E-state index contributed by atoms with van der Waals surface area (Å²) in [5, 5.41) is 7.58. The highest BCUT2D eigenvalue weighted by Crippen LogP contribution is 2.32. The molecule has 1 amide bonds. The van der Waals surface area contributed by atoms with Gasteiger partial charge in [0.2, 0.25) is 5.91 Å². The zero-order valence-electron chi connectivity index (χ0n) is 13.8. The Balaban J connectivity index is 2.06. The second-order valence-electron chi connectivity index (χ2n) is 6.95. The van der Waals surface area contributed by atoms with Gasteiger partial charge in [-0.1, -0.05) is 38.5 Å². The van der Waals surface area contributed by atoms with Gasteiger partial charge in [0.1, 0.15) is 5.82 Å². The minimum Gasteiger partial charge on any atom is -0.310 e. The fourth-order valence-corrected chi connectivity index (χ4v) is 3.69. The maximum Gasteiger partial charge on any atom is 0.230 e. The maximum absolute atomic E-state index is 12.4. The Labute approximate surface area is 138 Å². The Kier molecular flexibility index (Phi) is 3.88. The van der Waals surface area contributed by atoms with Gasteiger partial charge < -0.3 is 5.32 Å². The number of rotatable bonds is 2. The first-order chi connectivity index (χ1) is 10.8. The summed E-state index contributed by atoms with van der Waals surface area (Å²) in [7, 11) is -0.930. The predicted molar refractivity (Wildman–Crippen MR) is 91.9 cm³/mol. The van der Waals surface area contributed by atoms with Crippen molar-refractivity contribution in [2.75, 3.05) is 5.32 Å². The van der Waals surface area contributed by atoms with E-state index in [9.17, 15) is 9.00 Å². The van der Waals surface area contributed by atoms with E-state index in [1.807, 2.05) is 52.0 Å². The van der Waals surface area contributed by atoms with Gasteiger partial charge >= 0.3 is 0 Å². The molecule has 1 aromatic heterocycles. The molecule has 1 aliphatic heterocycles. The number of hydrogen-bond donors (Lipinski definition) is 1. The van der Waals surface area contributed by atoms with E-state index < -0.39 is 16.2 Å². The van der Waals surface area contributed by atoms with E-state index in [1.165, 1.54) is 0 Å². The lowest BCUT2D eigenvalue weighted by Gasteiger charge is -2.19. The SMILES string of the molecule is Cc1ccc(-n2nc3c(c2NC(=O)C(C)(C)C)CS(=O)C3)cc1. The minimum atomic E-state index is -0.930. The van der Waals surface area contributed by atoms with E-state index in [0.717, 1.165) is 22.5 Å². The smallest absolute Gasteiger partial charge is 0.230 e. The van der Waals surface area contributed by atoms with E-state index in [0.29, 0.717) is 17.3 Å². The molecule has 0 saturated carbocycles. The van der Waals surface area contributed by atoms with Crippen LogP contribution in [0.1, 0.15) is 37.6 Å². The zero-order chi connectivity index (χ0) is 16.8. The highest BCUT2D eigenvalue weighted by atomic mass is 32.2. The molecule has 0 bridgehead atoms. The molecule has 0 fully saturated rings. The second kappa shape index (κ2) is 5.60. The number of amides is 1. The van der Waals surface area contributed by atoms with Crippen molar-refractivity contribution < 1.29 is 9.00 Å². The van der Waals surface area contributed by atoms with Gasteiger partial charge in [0.25, 0.3) is 0 Å². The zero-order valence-corrected chi connectivity index (χ0v) is 14.7. The molecule has 23 heavy (non-hydrogen) atoms. The number of aryl methyl sites for hydroxylation is 1. The van der Waals surface area contributed by atoms with Crippen LogP contribution in [0.2, 0.25) is 0 Å². The number of hydrogen-bond acceptors (Lipinski definition) is 3. The third-order valence-electron chi connectivity index (χ3n) is 3.86. The standard InChI is InChI=1S/C17H21N3O2S/c1-11-5-7-12(8-6-11)20-15(18-16(21)17(2,3)4)13-9-23(22)10-14(13)19-20/h5-8H,9-10H2,1-4H3,(H,18,21). The molecule has 3 rings (SSSR count). The molecule has 1 aliphatic rings. The molecule has 2 aromatic rings. The van der Waals surface area contributed by atoms with Crippen molar-refractivity contribution >= 4 is 22.5 Å². The van der Waals surface area contributed by atoms with Gasteiger partial charge in [-0.3, -0.25) is 9.00 Å². The third kappa shape index (κ3) is 3.08. The number of benzene rings is 1. The largest absolute Gasteiger partial charge is 0.310 e. The fourth-order valence-electron chi connectivity index (χ4n) is 2.42. The van der Waals surface area contributed by atoms with E-state index in [1.54, 1.807) is 4.68 Å². The van der Waals surface area contributed by atoms with Crippen LogP contribution in [0, 0.1) is 12.3 Å². The monoisotopic (exact) mass is 331 g/mol. The van der Waals surface area contributed by atoms with Gasteiger partial charge in [-0.05, 0) is 19.1 Å². The summed E-state index contributed by atoms with van der Waals surface area (Å²) in [5.74, 6) is 1.47. The first-order valence-corrected chi connectivity index (χ1v) is 9.09. The van der Waals surface area contributed by atoms with Gasteiger partial charge in [0.05, 0.1) is 22.9 Å². The normalized spacial score (nSPS) is 17.1. The van der Waals surface area contributed by atoms with Crippen LogP contribution in [0.4, 0.5) is 5.82 Å². The number of anilines is 1. The Morgan fingerprint density at radius 1 is 1.22 bits per heavy atom. The van der Waals surface area contributed by atoms with Crippen LogP contribution < -0.4 is 5.32 Å². The molecule has 0 saturated heterocycles. The van der Waals surface area contributed by atoms with Crippen LogP contribution in [0.5, 0.6) is 0 Å². The molecule has 5 nitrogen and oxygen atoms in total. The Bertz CT molecular complexity index is 785. The summed E-state index contributed by atoms with van der Waals surface area (Å²) in [6.07, 6.45) is 0. The summed E-state index contributed by atoms with van der Waals surface area (Å²) in [4.78, 5) is 12.4. The number of carbonyl (C=O) groups excluding carboxylic acids is 1. The third-order valence-corrected chi connectivity index (χ3v) is 5.07. The number of carbonyl (C=O) groups is 1. The first kappa shape index (κ1) is 15.9. The molecule has 0 aliphatic carbocycles. The first-order valence-electron chi connectivity index (χ1n) is 7.60. The molecular formula is C17H21N3O2S. The van der Waals surface area contributed by atoms with Crippen LogP contribution in [0.3, 0.4) is 0 Å². The van der Waals surface area contributed by atoms with Crippen molar-refractivity contribution in [2.45, 2.75) is 39.2 Å². The van der Waals surface area contributed by atoms with Crippen molar-refractivity contribution in [2.24, 2.45) is 5.41 Å². The van der Waals surface area contributed by atoms with Crippen molar-refractivity contribution in [3.63, 3.8) is 0 Å². The van der Waals surface area contributed by atoms with Gasteiger partial charge in [-0.25, -0.2) is 4.68 Å². The van der Waals surface area contributed by atoms with Crippen molar-refractivity contribution in [1.29, 1.82) is 0 Å². The highest BCUT2D eigenvalue weighted by Gasteiger charge is 2.30. The van der Waals surface area contributed by atoms with Crippen LogP contribution in [0.25, 0.3) is 5.69 Å². The molecule has 1 N–H and O–H groups in total. The van der Waals surface area contributed by atoms with Crippen molar-refractivity contribution in [1.82, 2.24) is 9.78 Å². The lowest BCUT2D eigenvalue weighted by atomic mass is 9.95. The van der Waals surface area contributed by atoms with Gasteiger partial charge in [-0.15, -0.1) is 0 Å². The van der Waals surface area contributed by atoms with Crippen LogP contribution >= 0.6 is 0 Å². The maximum atomic E-state index is 12.4. The Hall–Kier alpha value is -1.95. The lowest BCUT2D eigenvalue weighted by Crippen LogP contribution is -2.29. The van der Waals surface area contributed by atoms with Gasteiger partial charge in [0, 0.05) is 21.8 Å². The minimum absolute atomic E-state index is 0.0776. The van der Waals surface area contributed by atoms with E-state index in [4.69, 9.17) is 0 Å². The van der Waals surface area contributed by atoms with Crippen molar-refractivity contribution in [3.05, 3.63) is 41.1 Å². The molecule has 0 spiro atoms. The molecule has 1 unspecified atom stereocenters. The fraction of sp³-hybridized carbons (Fsp3) is 0.412. The number of nitrogens with one attached hydrogen (secondary N) is 1. The van der Waals surface area contributed by atoms with Crippen LogP contribution in [0.15, 0.2) is 24.3 Å². The number of fused-ring (bicyclic) bond motifs is 1. The summed E-state index contributed by atoms with van der Waals surface area (Å²) >= 11 is 0. The Morgan fingerprint density at radius 2 is 1.87 bits per heavy atom. The summed E-state index contributed by atoms with van der Waals surface area (Å²) < 4.78 is 13.6. The molecule has 122 valence electrons. The summed E-state index contributed by atoms with van der Waals surface area (Å²) in [6.45, 7) is 7.63. The van der Waals surface area contributed by atoms with E-state index >= 15 is 0 Å². The molecular weight excluding hydrogens is 310 g/mol. The average molecular weight is 331 g/mol. The van der Waals surface area contributed by atoms with E-state index in [2.05, 4.69) is 10.4 Å². The number of nitrogens with zero attached hydrogens (tertiary/aromatic N) is 2. The topological polar surface area (TPSA) is 64.0 Å². The molecule has 6 heteroatoms. The lowest BCUT2D eigenvalue weighted by molar-refractivity contribution is -0.123. The van der Waals surface area contributed by atoms with Crippen LogP contribution in [-0.2, 0) is 27.1 Å². The van der Waals surface area contributed by atoms with Crippen molar-refractivity contribution in [3.8, 4) is 5.69 Å². The Morgan fingerprint density at radius 3 is 2.48 bits per heavy atom. The molecule has 2 heterocycles. The quantitative estimate of drug-likeness (QED) is 0.920. The highest BCUT2D eigenvalue weighted by molar-refractivity contribution is 7.83. The second-order valence-corrected chi connectivity index (χ2v) is 8.41. The predicted octanol–water partition coefficient (Wildman–Crippen LogP) is 2.93. The van der Waals surface area contributed by atoms with E-state index in [-0.39, 0.29) is 5.91 Å². The van der Waals surface area contributed by atoms with Gasteiger partial charge in [-0.2, -0.15) is 5.10 Å². The number of aromatic nitrogens is 2.